The zero-order valence-electron chi connectivity index (χ0n) is 12.5. The van der Waals surface area contributed by atoms with E-state index in [1.165, 1.54) is 16.0 Å². The van der Waals surface area contributed by atoms with Gasteiger partial charge in [-0.15, -0.1) is 11.3 Å². The van der Waals surface area contributed by atoms with Gasteiger partial charge in [0.25, 0.3) is 0 Å². The number of hydrogen-bond donors (Lipinski definition) is 1. The fourth-order valence-electron chi connectivity index (χ4n) is 2.32. The zero-order chi connectivity index (χ0) is 14.5. The lowest BCUT2D eigenvalue weighted by Gasteiger charge is -2.20. The molecule has 0 saturated heterocycles. The molecule has 1 unspecified atom stereocenters. The Kier molecular flexibility index (Phi) is 5.29. The molecule has 1 heterocycles. The minimum Gasteiger partial charge on any atom is -0.324 e. The van der Waals surface area contributed by atoms with Crippen LogP contribution < -0.4 is 5.73 Å². The third-order valence-corrected chi connectivity index (χ3v) is 4.59. The maximum atomic E-state index is 6.31. The van der Waals surface area contributed by atoms with Gasteiger partial charge in [0.1, 0.15) is 0 Å². The van der Waals surface area contributed by atoms with E-state index in [9.17, 15) is 0 Å². The summed E-state index contributed by atoms with van der Waals surface area (Å²) in [7, 11) is 2.14. The van der Waals surface area contributed by atoms with E-state index in [1.54, 1.807) is 11.3 Å². The predicted octanol–water partition coefficient (Wildman–Crippen LogP) is 3.28. The monoisotopic (exact) mass is 289 g/mol. The standard InChI is InChI=1S/C16H23N3S/c1-12-6-4-5-7-14(12)15(17)8-9-19(3)10-16-13(2)18-11-20-16/h4-7,11,15H,8-10,17H2,1-3H3. The average molecular weight is 289 g/mol. The van der Waals surface area contributed by atoms with Gasteiger partial charge in [0, 0.05) is 24.0 Å². The number of nitrogens with zero attached hydrogens (tertiary/aromatic N) is 2. The van der Waals surface area contributed by atoms with Crippen LogP contribution in [0.3, 0.4) is 0 Å². The Morgan fingerprint density at radius 1 is 1.30 bits per heavy atom. The quantitative estimate of drug-likeness (QED) is 0.887. The molecule has 1 aromatic heterocycles. The number of thiazole rings is 1. The largest absolute Gasteiger partial charge is 0.324 e. The molecule has 3 nitrogen and oxygen atoms in total. The number of benzene rings is 1. The van der Waals surface area contributed by atoms with Crippen LogP contribution in [0.5, 0.6) is 0 Å². The molecule has 1 atom stereocenters. The van der Waals surface area contributed by atoms with Crippen LogP contribution in [-0.2, 0) is 6.54 Å². The number of aromatic nitrogens is 1. The smallest absolute Gasteiger partial charge is 0.0798 e. The predicted molar refractivity (Wildman–Crippen MR) is 85.9 cm³/mol. The highest BCUT2D eigenvalue weighted by molar-refractivity contribution is 7.09. The number of hydrogen-bond acceptors (Lipinski definition) is 4. The third-order valence-electron chi connectivity index (χ3n) is 3.67. The summed E-state index contributed by atoms with van der Waals surface area (Å²) in [5.74, 6) is 0. The highest BCUT2D eigenvalue weighted by Crippen LogP contribution is 2.19. The third kappa shape index (κ3) is 3.88. The summed E-state index contributed by atoms with van der Waals surface area (Å²) in [5.41, 5.74) is 11.9. The van der Waals surface area contributed by atoms with E-state index in [1.807, 2.05) is 5.51 Å². The normalized spacial score (nSPS) is 12.8. The molecule has 2 N–H and O–H groups in total. The molecule has 4 heteroatoms. The Morgan fingerprint density at radius 3 is 2.70 bits per heavy atom. The van der Waals surface area contributed by atoms with Crippen LogP contribution >= 0.6 is 11.3 Å². The Hall–Kier alpha value is -1.23. The first-order valence-electron chi connectivity index (χ1n) is 6.96. The summed E-state index contributed by atoms with van der Waals surface area (Å²) in [6.07, 6.45) is 0.971. The van der Waals surface area contributed by atoms with E-state index in [4.69, 9.17) is 5.73 Å². The Labute approximate surface area is 125 Å². The van der Waals surface area contributed by atoms with Gasteiger partial charge in [0.15, 0.2) is 0 Å². The van der Waals surface area contributed by atoms with Crippen molar-refractivity contribution in [3.63, 3.8) is 0 Å². The van der Waals surface area contributed by atoms with Gasteiger partial charge in [-0.2, -0.15) is 0 Å². The highest BCUT2D eigenvalue weighted by Gasteiger charge is 2.11. The molecular formula is C16H23N3S. The lowest BCUT2D eigenvalue weighted by molar-refractivity contribution is 0.313. The summed E-state index contributed by atoms with van der Waals surface area (Å²) in [5, 5.41) is 0. The molecule has 0 amide bonds. The molecule has 0 spiro atoms. The first kappa shape index (κ1) is 15.2. The van der Waals surface area contributed by atoms with Crippen molar-refractivity contribution in [3.8, 4) is 0 Å². The molecule has 0 bridgehead atoms. The van der Waals surface area contributed by atoms with Crippen LogP contribution in [0, 0.1) is 13.8 Å². The van der Waals surface area contributed by atoms with Crippen molar-refractivity contribution in [1.29, 1.82) is 0 Å². The van der Waals surface area contributed by atoms with Gasteiger partial charge in [0.2, 0.25) is 0 Å². The van der Waals surface area contributed by atoms with Crippen LogP contribution in [0.1, 0.15) is 34.2 Å². The average Bonchev–Trinajstić information content (AvgIpc) is 2.82. The topological polar surface area (TPSA) is 42.1 Å². The fourth-order valence-corrected chi connectivity index (χ4v) is 3.18. The summed E-state index contributed by atoms with van der Waals surface area (Å²) >= 11 is 1.73. The second kappa shape index (κ2) is 6.97. The summed E-state index contributed by atoms with van der Waals surface area (Å²) < 4.78 is 0. The van der Waals surface area contributed by atoms with Crippen molar-refractivity contribution in [2.45, 2.75) is 32.9 Å². The van der Waals surface area contributed by atoms with Crippen molar-refractivity contribution in [1.82, 2.24) is 9.88 Å². The minimum absolute atomic E-state index is 0.112. The SMILES string of the molecule is Cc1ccccc1C(N)CCN(C)Cc1scnc1C. The first-order chi connectivity index (χ1) is 9.58. The second-order valence-corrected chi connectivity index (χ2v) is 6.29. The molecule has 0 radical (unpaired) electrons. The zero-order valence-corrected chi connectivity index (χ0v) is 13.3. The van der Waals surface area contributed by atoms with Gasteiger partial charge in [-0.25, -0.2) is 4.98 Å². The summed E-state index contributed by atoms with van der Waals surface area (Å²) in [4.78, 5) is 7.95. The van der Waals surface area contributed by atoms with E-state index in [-0.39, 0.29) is 6.04 Å². The molecule has 108 valence electrons. The van der Waals surface area contributed by atoms with Crippen LogP contribution in [0.2, 0.25) is 0 Å². The lowest BCUT2D eigenvalue weighted by Crippen LogP contribution is -2.23. The van der Waals surface area contributed by atoms with E-state index < -0.39 is 0 Å². The van der Waals surface area contributed by atoms with Gasteiger partial charge in [-0.05, 0) is 38.4 Å². The Morgan fingerprint density at radius 2 is 2.05 bits per heavy atom. The van der Waals surface area contributed by atoms with Crippen molar-refractivity contribution < 1.29 is 0 Å². The van der Waals surface area contributed by atoms with E-state index in [0.717, 1.165) is 25.2 Å². The molecule has 0 aliphatic heterocycles. The maximum absolute atomic E-state index is 6.31. The molecule has 1 aromatic carbocycles. The van der Waals surface area contributed by atoms with E-state index in [2.05, 4.69) is 55.0 Å². The summed E-state index contributed by atoms with van der Waals surface area (Å²) in [6.45, 7) is 6.14. The van der Waals surface area contributed by atoms with Crippen LogP contribution in [0.15, 0.2) is 29.8 Å². The molecular weight excluding hydrogens is 266 g/mol. The second-order valence-electron chi connectivity index (χ2n) is 5.35. The van der Waals surface area contributed by atoms with Crippen LogP contribution in [0.25, 0.3) is 0 Å². The van der Waals surface area contributed by atoms with Crippen molar-refractivity contribution in [2.75, 3.05) is 13.6 Å². The number of rotatable bonds is 6. The molecule has 0 aliphatic carbocycles. The molecule has 20 heavy (non-hydrogen) atoms. The minimum atomic E-state index is 0.112. The van der Waals surface area contributed by atoms with Crippen LogP contribution in [-0.4, -0.2) is 23.5 Å². The lowest BCUT2D eigenvalue weighted by atomic mass is 9.99. The van der Waals surface area contributed by atoms with Crippen molar-refractivity contribution in [2.24, 2.45) is 5.73 Å². The van der Waals surface area contributed by atoms with E-state index >= 15 is 0 Å². The van der Waals surface area contributed by atoms with Crippen LogP contribution in [0.4, 0.5) is 0 Å². The van der Waals surface area contributed by atoms with Gasteiger partial charge in [0.05, 0.1) is 11.2 Å². The maximum Gasteiger partial charge on any atom is 0.0798 e. The Balaban J connectivity index is 1.86. The highest BCUT2D eigenvalue weighted by atomic mass is 32.1. The molecule has 0 saturated carbocycles. The number of aryl methyl sites for hydroxylation is 2. The molecule has 0 fully saturated rings. The fraction of sp³-hybridized carbons (Fsp3) is 0.438. The van der Waals surface area contributed by atoms with Crippen molar-refractivity contribution in [3.05, 3.63) is 51.5 Å². The molecule has 0 aliphatic rings. The summed E-state index contributed by atoms with van der Waals surface area (Å²) in [6, 6.07) is 8.49. The van der Waals surface area contributed by atoms with Gasteiger partial charge in [-0.1, -0.05) is 24.3 Å². The van der Waals surface area contributed by atoms with Gasteiger partial charge < -0.3 is 10.6 Å². The van der Waals surface area contributed by atoms with E-state index in [0.29, 0.717) is 0 Å². The number of nitrogens with two attached hydrogens (primary N) is 1. The molecule has 2 aromatic rings. The molecule has 2 rings (SSSR count). The van der Waals surface area contributed by atoms with Gasteiger partial charge >= 0.3 is 0 Å². The van der Waals surface area contributed by atoms with Crippen molar-refractivity contribution >= 4 is 11.3 Å². The van der Waals surface area contributed by atoms with Gasteiger partial charge in [-0.3, -0.25) is 0 Å². The Bertz CT molecular complexity index is 550. The first-order valence-corrected chi connectivity index (χ1v) is 7.84.